The maximum absolute atomic E-state index is 12.5. The summed E-state index contributed by atoms with van der Waals surface area (Å²) in [6, 6.07) is 5.91. The average molecular weight is 459 g/mol. The van der Waals surface area contributed by atoms with E-state index in [1.54, 1.807) is 6.07 Å². The molecule has 2 fully saturated rings. The Balaban J connectivity index is 1.52. The fourth-order valence-corrected chi connectivity index (χ4v) is 5.38. The Labute approximate surface area is 180 Å². The van der Waals surface area contributed by atoms with Gasteiger partial charge in [-0.3, -0.25) is 0 Å². The molecule has 2 heterocycles. The first-order valence-corrected chi connectivity index (χ1v) is 11.0. The first kappa shape index (κ1) is 20.2. The van der Waals surface area contributed by atoms with E-state index >= 15 is 0 Å². The van der Waals surface area contributed by atoms with Crippen LogP contribution in [0.15, 0.2) is 22.9 Å². The van der Waals surface area contributed by atoms with E-state index in [4.69, 9.17) is 4.74 Å². The Morgan fingerprint density at radius 3 is 2.93 bits per heavy atom. The van der Waals surface area contributed by atoms with Crippen LogP contribution >= 0.6 is 15.9 Å². The molecule has 1 aromatic heterocycles. The topological polar surface area (TPSA) is 71.2 Å². The van der Waals surface area contributed by atoms with Gasteiger partial charge in [0.25, 0.3) is 0 Å². The molecule has 6 nitrogen and oxygen atoms in total. The van der Waals surface area contributed by atoms with Crippen molar-refractivity contribution < 1.29 is 9.53 Å². The predicted molar refractivity (Wildman–Crippen MR) is 114 cm³/mol. The Morgan fingerprint density at radius 1 is 1.41 bits per heavy atom. The molecule has 0 radical (unpaired) electrons. The van der Waals surface area contributed by atoms with Gasteiger partial charge < -0.3 is 14.2 Å². The highest BCUT2D eigenvalue weighted by Crippen LogP contribution is 2.41. The SMILES string of the molecule is CC(C)(C)CN1CC2(CCCC(Cn3cnc4c(Br)cc(C#N)cc43)C2)OC1=O. The molecule has 2 aliphatic rings. The van der Waals surface area contributed by atoms with Crippen molar-refractivity contribution in [1.82, 2.24) is 14.5 Å². The molecule has 1 saturated heterocycles. The van der Waals surface area contributed by atoms with Gasteiger partial charge in [-0.1, -0.05) is 20.8 Å². The Morgan fingerprint density at radius 2 is 2.21 bits per heavy atom. The van der Waals surface area contributed by atoms with Crippen LogP contribution in [0, 0.1) is 22.7 Å². The van der Waals surface area contributed by atoms with Gasteiger partial charge in [-0.05, 0) is 65.1 Å². The first-order valence-electron chi connectivity index (χ1n) is 10.2. The van der Waals surface area contributed by atoms with E-state index in [0.717, 1.165) is 54.3 Å². The third-order valence-corrected chi connectivity index (χ3v) is 6.48. The lowest BCUT2D eigenvalue weighted by atomic mass is 9.77. The fourth-order valence-electron chi connectivity index (χ4n) is 4.83. The van der Waals surface area contributed by atoms with Crippen LogP contribution in [0.25, 0.3) is 11.0 Å². The molecule has 0 N–H and O–H groups in total. The van der Waals surface area contributed by atoms with Gasteiger partial charge in [-0.15, -0.1) is 0 Å². The minimum atomic E-state index is -0.361. The number of hydrogen-bond acceptors (Lipinski definition) is 4. The number of rotatable bonds is 3. The number of nitrogens with zero attached hydrogens (tertiary/aromatic N) is 4. The Kier molecular flexibility index (Phi) is 5.10. The van der Waals surface area contributed by atoms with Crippen LogP contribution in [0.2, 0.25) is 0 Å². The molecule has 154 valence electrons. The molecule has 2 unspecified atom stereocenters. The Hall–Kier alpha value is -2.07. The van der Waals surface area contributed by atoms with Crippen molar-refractivity contribution >= 4 is 33.1 Å². The molecule has 2 aromatic rings. The number of carbonyl (C=O) groups excluding carboxylic acids is 1. The third-order valence-electron chi connectivity index (χ3n) is 5.87. The van der Waals surface area contributed by atoms with Crippen molar-refractivity contribution in [1.29, 1.82) is 5.26 Å². The summed E-state index contributed by atoms with van der Waals surface area (Å²) in [6.07, 6.45) is 5.65. The second kappa shape index (κ2) is 7.32. The average Bonchev–Trinajstić information content (AvgIpc) is 3.15. The van der Waals surface area contributed by atoms with E-state index in [1.807, 2.05) is 17.3 Å². The first-order chi connectivity index (χ1) is 13.7. The number of hydrogen-bond donors (Lipinski definition) is 0. The summed E-state index contributed by atoms with van der Waals surface area (Å²) in [4.78, 5) is 18.9. The number of aromatic nitrogens is 2. The second-order valence-corrected chi connectivity index (χ2v) is 10.6. The highest BCUT2D eigenvalue weighted by atomic mass is 79.9. The largest absolute Gasteiger partial charge is 0.441 e. The summed E-state index contributed by atoms with van der Waals surface area (Å²) in [5, 5.41) is 9.29. The van der Waals surface area contributed by atoms with Crippen molar-refractivity contribution in [2.24, 2.45) is 11.3 Å². The number of fused-ring (bicyclic) bond motifs is 1. The lowest BCUT2D eigenvalue weighted by molar-refractivity contribution is 0.00413. The number of nitriles is 1. The van der Waals surface area contributed by atoms with Gasteiger partial charge in [0.05, 0.1) is 30.0 Å². The van der Waals surface area contributed by atoms with Crippen LogP contribution in [-0.2, 0) is 11.3 Å². The van der Waals surface area contributed by atoms with Gasteiger partial charge in [0, 0.05) is 17.6 Å². The van der Waals surface area contributed by atoms with Gasteiger partial charge in [0.1, 0.15) is 11.1 Å². The minimum absolute atomic E-state index is 0.0557. The van der Waals surface area contributed by atoms with Crippen LogP contribution in [0.3, 0.4) is 0 Å². The molecular weight excluding hydrogens is 432 g/mol. The predicted octanol–water partition coefficient (Wildman–Crippen LogP) is 5.10. The maximum atomic E-state index is 12.5. The molecule has 1 aromatic carbocycles. The lowest BCUT2D eigenvalue weighted by Crippen LogP contribution is -2.41. The number of amides is 1. The van der Waals surface area contributed by atoms with Crippen molar-refractivity contribution in [2.45, 2.75) is 58.6 Å². The summed E-state index contributed by atoms with van der Waals surface area (Å²) in [7, 11) is 0. The lowest BCUT2D eigenvalue weighted by Gasteiger charge is -2.36. The summed E-state index contributed by atoms with van der Waals surface area (Å²) in [6.45, 7) is 8.66. The highest BCUT2D eigenvalue weighted by Gasteiger charge is 2.48. The molecule has 1 spiro atoms. The summed E-state index contributed by atoms with van der Waals surface area (Å²) in [5.74, 6) is 0.410. The summed E-state index contributed by atoms with van der Waals surface area (Å²) < 4.78 is 8.93. The van der Waals surface area contributed by atoms with E-state index in [1.165, 1.54) is 0 Å². The monoisotopic (exact) mass is 458 g/mol. The Bertz CT molecular complexity index is 987. The molecule has 1 amide bonds. The molecule has 1 aliphatic carbocycles. The van der Waals surface area contributed by atoms with Gasteiger partial charge in [0.2, 0.25) is 0 Å². The number of halogens is 1. The molecule has 4 rings (SSSR count). The van der Waals surface area contributed by atoms with Crippen LogP contribution in [0.4, 0.5) is 4.79 Å². The number of carbonyl (C=O) groups is 1. The molecule has 29 heavy (non-hydrogen) atoms. The molecule has 0 bridgehead atoms. The molecule has 1 saturated carbocycles. The van der Waals surface area contributed by atoms with Crippen molar-refractivity contribution in [3.63, 3.8) is 0 Å². The van der Waals surface area contributed by atoms with Crippen LogP contribution in [0.5, 0.6) is 0 Å². The van der Waals surface area contributed by atoms with Crippen molar-refractivity contribution in [3.05, 3.63) is 28.5 Å². The zero-order chi connectivity index (χ0) is 20.8. The van der Waals surface area contributed by atoms with E-state index < -0.39 is 0 Å². The van der Waals surface area contributed by atoms with Gasteiger partial charge in [0.15, 0.2) is 0 Å². The molecule has 7 heteroatoms. The fraction of sp³-hybridized carbons (Fsp3) is 0.591. The van der Waals surface area contributed by atoms with Crippen LogP contribution in [-0.4, -0.2) is 39.2 Å². The summed E-state index contributed by atoms with van der Waals surface area (Å²) >= 11 is 3.52. The van der Waals surface area contributed by atoms with E-state index in [2.05, 4.69) is 52.3 Å². The van der Waals surface area contributed by atoms with Crippen molar-refractivity contribution in [3.8, 4) is 6.07 Å². The van der Waals surface area contributed by atoms with Gasteiger partial charge in [-0.2, -0.15) is 5.26 Å². The number of ether oxygens (including phenoxy) is 1. The van der Waals surface area contributed by atoms with E-state index in [-0.39, 0.29) is 17.1 Å². The second-order valence-electron chi connectivity index (χ2n) is 9.76. The normalized spacial score (nSPS) is 24.9. The molecule has 1 aliphatic heterocycles. The molecule has 2 atom stereocenters. The highest BCUT2D eigenvalue weighted by molar-refractivity contribution is 9.10. The quantitative estimate of drug-likeness (QED) is 0.641. The number of benzene rings is 1. The summed E-state index contributed by atoms with van der Waals surface area (Å²) in [5.41, 5.74) is 2.15. The maximum Gasteiger partial charge on any atom is 0.410 e. The third kappa shape index (κ3) is 4.13. The molecular formula is C22H27BrN4O2. The smallest absolute Gasteiger partial charge is 0.410 e. The van der Waals surface area contributed by atoms with Crippen LogP contribution < -0.4 is 0 Å². The zero-order valence-electron chi connectivity index (χ0n) is 17.2. The zero-order valence-corrected chi connectivity index (χ0v) is 18.8. The van der Waals surface area contributed by atoms with Crippen LogP contribution in [0.1, 0.15) is 52.0 Å². The van der Waals surface area contributed by atoms with Crippen molar-refractivity contribution in [2.75, 3.05) is 13.1 Å². The number of imidazole rings is 1. The minimum Gasteiger partial charge on any atom is -0.441 e. The van der Waals surface area contributed by atoms with E-state index in [9.17, 15) is 10.1 Å². The standard InChI is InChI=1S/C22H27BrN4O2/c1-21(2,3)12-27-13-22(29-20(27)28)6-4-5-15(9-22)11-26-14-25-19-17(23)7-16(10-24)8-18(19)26/h7-8,14-15H,4-6,9,11-13H2,1-3H3. The van der Waals surface area contributed by atoms with Gasteiger partial charge >= 0.3 is 6.09 Å². The van der Waals surface area contributed by atoms with Gasteiger partial charge in [-0.25, -0.2) is 9.78 Å². The van der Waals surface area contributed by atoms with E-state index in [0.29, 0.717) is 18.0 Å².